The topological polar surface area (TPSA) is 68.3 Å². The van der Waals surface area contributed by atoms with Gasteiger partial charge in [-0.15, -0.1) is 0 Å². The number of nitrogens with zero attached hydrogens (tertiary/aromatic N) is 2. The summed E-state index contributed by atoms with van der Waals surface area (Å²) in [5, 5.41) is 0.627. The minimum Gasteiger partial charge on any atom is -0.497 e. The molecule has 204 valence electrons. The van der Waals surface area contributed by atoms with Crippen LogP contribution in [0.4, 0.5) is 8.78 Å². The van der Waals surface area contributed by atoms with E-state index in [0.717, 1.165) is 22.9 Å². The molecule has 1 saturated heterocycles. The van der Waals surface area contributed by atoms with E-state index in [9.17, 15) is 17.2 Å². The fourth-order valence-corrected chi connectivity index (χ4v) is 5.82. The fraction of sp³-hybridized carbons (Fsp3) is 0.333. The minimum absolute atomic E-state index is 0.0789. The first-order valence-electron chi connectivity index (χ1n) is 12.0. The molecule has 11 heteroatoms. The molecule has 0 N–H and O–H groups in total. The molecule has 3 aromatic carbocycles. The number of halogens is 3. The highest BCUT2D eigenvalue weighted by Crippen LogP contribution is 2.26. The van der Waals surface area contributed by atoms with Crippen molar-refractivity contribution in [1.82, 2.24) is 9.21 Å². The standard InChI is InChI=1S/C27H29ClF2N2O5S/c1-35-23-5-2-4-20(16-23)19-36-26(21-8-10-22(28)11-9-21)18-31-12-14-32(15-13-31)38(33,34)25-7-3-6-24(17-25)37-27(29)30/h2-11,16-17,26-27H,12-15,18-19H2,1H3/t26-/m1/s1. The van der Waals surface area contributed by atoms with Crippen LogP contribution in [0.5, 0.6) is 11.5 Å². The molecule has 7 nitrogen and oxygen atoms in total. The number of alkyl halides is 2. The van der Waals surface area contributed by atoms with Crippen LogP contribution < -0.4 is 9.47 Å². The lowest BCUT2D eigenvalue weighted by molar-refractivity contribution is -0.0500. The van der Waals surface area contributed by atoms with Crippen LogP contribution >= 0.6 is 11.6 Å². The van der Waals surface area contributed by atoms with Crippen molar-refractivity contribution < 1.29 is 31.4 Å². The minimum atomic E-state index is -3.86. The van der Waals surface area contributed by atoms with Crippen molar-refractivity contribution in [2.45, 2.75) is 24.2 Å². The molecule has 0 bridgehead atoms. The van der Waals surface area contributed by atoms with Crippen LogP contribution in [0, 0.1) is 0 Å². The van der Waals surface area contributed by atoms with Crippen molar-refractivity contribution in [3.05, 3.63) is 88.9 Å². The highest BCUT2D eigenvalue weighted by molar-refractivity contribution is 7.89. The molecule has 1 aliphatic heterocycles. The van der Waals surface area contributed by atoms with Crippen molar-refractivity contribution in [2.75, 3.05) is 39.8 Å². The SMILES string of the molecule is COc1cccc(CO[C@H](CN2CCN(S(=O)(=O)c3cccc(OC(F)F)c3)CC2)c2ccc(Cl)cc2)c1. The van der Waals surface area contributed by atoms with E-state index in [0.29, 0.717) is 31.3 Å². The second kappa shape index (κ2) is 12.9. The van der Waals surface area contributed by atoms with Crippen LogP contribution in [0.1, 0.15) is 17.2 Å². The molecule has 38 heavy (non-hydrogen) atoms. The second-order valence-electron chi connectivity index (χ2n) is 8.76. The maximum atomic E-state index is 13.1. The quantitative estimate of drug-likeness (QED) is 0.317. The first-order chi connectivity index (χ1) is 18.2. The first-order valence-corrected chi connectivity index (χ1v) is 13.8. The van der Waals surface area contributed by atoms with Crippen molar-refractivity contribution in [1.29, 1.82) is 0 Å². The Morgan fingerprint density at radius 2 is 1.61 bits per heavy atom. The highest BCUT2D eigenvalue weighted by atomic mass is 35.5. The number of hydrogen-bond acceptors (Lipinski definition) is 6. The lowest BCUT2D eigenvalue weighted by Crippen LogP contribution is -2.49. The summed E-state index contributed by atoms with van der Waals surface area (Å²) in [6, 6.07) is 20.3. The van der Waals surface area contributed by atoms with E-state index < -0.39 is 16.6 Å². The van der Waals surface area contributed by atoms with Crippen LogP contribution in [0.25, 0.3) is 0 Å². The van der Waals surface area contributed by atoms with Crippen molar-refractivity contribution in [3.8, 4) is 11.5 Å². The zero-order valence-electron chi connectivity index (χ0n) is 20.8. The molecule has 0 amide bonds. The molecule has 1 aliphatic rings. The van der Waals surface area contributed by atoms with E-state index in [1.54, 1.807) is 7.11 Å². The Morgan fingerprint density at radius 3 is 2.29 bits per heavy atom. The van der Waals surface area contributed by atoms with Gasteiger partial charge in [-0.2, -0.15) is 13.1 Å². The largest absolute Gasteiger partial charge is 0.497 e. The van der Waals surface area contributed by atoms with E-state index in [1.807, 2.05) is 48.5 Å². The summed E-state index contributed by atoms with van der Waals surface area (Å²) >= 11 is 6.09. The van der Waals surface area contributed by atoms with Gasteiger partial charge < -0.3 is 14.2 Å². The smallest absolute Gasteiger partial charge is 0.387 e. The summed E-state index contributed by atoms with van der Waals surface area (Å²) < 4.78 is 68.7. The Labute approximate surface area is 226 Å². The predicted octanol–water partition coefficient (Wildman–Crippen LogP) is 5.21. The first kappa shape index (κ1) is 28.3. The molecule has 3 aromatic rings. The summed E-state index contributed by atoms with van der Waals surface area (Å²) in [6.07, 6.45) is -0.273. The molecule has 0 saturated carbocycles. The average molecular weight is 567 g/mol. The molecule has 0 radical (unpaired) electrons. The zero-order valence-corrected chi connectivity index (χ0v) is 22.4. The summed E-state index contributed by atoms with van der Waals surface area (Å²) in [4.78, 5) is 2.07. The van der Waals surface area contributed by atoms with Gasteiger partial charge in [0, 0.05) is 43.8 Å². The van der Waals surface area contributed by atoms with Gasteiger partial charge in [-0.25, -0.2) is 8.42 Å². The molecule has 4 rings (SSSR count). The van der Waals surface area contributed by atoms with Crippen LogP contribution in [-0.4, -0.2) is 64.1 Å². The number of rotatable bonds is 11. The molecule has 1 heterocycles. The Hall–Kier alpha value is -2.76. The van der Waals surface area contributed by atoms with Gasteiger partial charge in [-0.1, -0.05) is 41.9 Å². The summed E-state index contributed by atoms with van der Waals surface area (Å²) in [5.74, 6) is 0.552. The van der Waals surface area contributed by atoms with Crippen LogP contribution in [-0.2, 0) is 21.4 Å². The molecule has 0 spiro atoms. The van der Waals surface area contributed by atoms with Crippen molar-refractivity contribution in [3.63, 3.8) is 0 Å². The second-order valence-corrected chi connectivity index (χ2v) is 11.1. The van der Waals surface area contributed by atoms with Crippen molar-refractivity contribution in [2.24, 2.45) is 0 Å². The third kappa shape index (κ3) is 7.42. The number of hydrogen-bond donors (Lipinski definition) is 0. The van der Waals surface area contributed by atoms with Gasteiger partial charge >= 0.3 is 6.61 Å². The van der Waals surface area contributed by atoms with Crippen LogP contribution in [0.2, 0.25) is 5.02 Å². The van der Waals surface area contributed by atoms with Gasteiger partial charge in [0.25, 0.3) is 0 Å². The third-order valence-corrected chi connectivity index (χ3v) is 8.40. The van der Waals surface area contributed by atoms with Crippen molar-refractivity contribution >= 4 is 21.6 Å². The molecule has 1 fully saturated rings. The Morgan fingerprint density at radius 1 is 0.921 bits per heavy atom. The predicted molar refractivity (Wildman–Crippen MR) is 140 cm³/mol. The van der Waals surface area contributed by atoms with Crippen LogP contribution in [0.3, 0.4) is 0 Å². The zero-order chi connectivity index (χ0) is 27.1. The summed E-state index contributed by atoms with van der Waals surface area (Å²) in [7, 11) is -2.24. The van der Waals surface area contributed by atoms with Gasteiger partial charge in [-0.05, 0) is 47.5 Å². The molecule has 0 aromatic heterocycles. The van der Waals surface area contributed by atoms with Gasteiger partial charge in [0.05, 0.1) is 24.7 Å². The van der Waals surface area contributed by atoms with E-state index in [4.69, 9.17) is 21.1 Å². The molecular weight excluding hydrogens is 538 g/mol. The monoisotopic (exact) mass is 566 g/mol. The average Bonchev–Trinajstić information content (AvgIpc) is 2.92. The van der Waals surface area contributed by atoms with Gasteiger partial charge in [-0.3, -0.25) is 4.90 Å². The fourth-order valence-electron chi connectivity index (χ4n) is 4.24. The lowest BCUT2D eigenvalue weighted by atomic mass is 10.1. The molecule has 0 aliphatic carbocycles. The number of sulfonamides is 1. The molecule has 0 unspecified atom stereocenters. The van der Waals surface area contributed by atoms with E-state index in [-0.39, 0.29) is 29.8 Å². The van der Waals surface area contributed by atoms with E-state index in [2.05, 4.69) is 9.64 Å². The highest BCUT2D eigenvalue weighted by Gasteiger charge is 2.30. The Bertz CT molecular complexity index is 1300. The molecular formula is C27H29ClF2N2O5S. The summed E-state index contributed by atoms with van der Waals surface area (Å²) in [5.41, 5.74) is 1.93. The number of piperazine rings is 1. The Balaban J connectivity index is 1.41. The third-order valence-electron chi connectivity index (χ3n) is 6.25. The van der Waals surface area contributed by atoms with Gasteiger partial charge in [0.15, 0.2) is 0 Å². The van der Waals surface area contributed by atoms with E-state index in [1.165, 1.54) is 22.5 Å². The molecule has 1 atom stereocenters. The van der Waals surface area contributed by atoms with Gasteiger partial charge in [0.2, 0.25) is 10.0 Å². The maximum Gasteiger partial charge on any atom is 0.387 e. The lowest BCUT2D eigenvalue weighted by Gasteiger charge is -2.36. The number of benzene rings is 3. The normalized spacial score (nSPS) is 15.9. The van der Waals surface area contributed by atoms with Gasteiger partial charge in [0.1, 0.15) is 11.5 Å². The summed E-state index contributed by atoms with van der Waals surface area (Å²) in [6.45, 7) is -0.626. The maximum absolute atomic E-state index is 13.1. The number of ether oxygens (including phenoxy) is 3. The Kier molecular flexibility index (Phi) is 9.56. The van der Waals surface area contributed by atoms with E-state index >= 15 is 0 Å². The number of methoxy groups -OCH3 is 1. The van der Waals surface area contributed by atoms with Crippen LogP contribution in [0.15, 0.2) is 77.7 Å².